The van der Waals surface area contributed by atoms with Crippen molar-refractivity contribution in [1.82, 2.24) is 0 Å². The van der Waals surface area contributed by atoms with Gasteiger partial charge in [0.25, 0.3) is 0 Å². The molecular formula is C14H28O3Si. The molecule has 1 heterocycles. The van der Waals surface area contributed by atoms with Crippen molar-refractivity contribution in [3.8, 4) is 0 Å². The lowest BCUT2D eigenvalue weighted by Gasteiger charge is -2.29. The number of ether oxygens (including phenoxy) is 1. The van der Waals surface area contributed by atoms with Gasteiger partial charge < -0.3 is 9.53 Å². The first-order chi connectivity index (χ1) is 8.66. The average Bonchev–Trinajstić information content (AvgIpc) is 2.36. The van der Waals surface area contributed by atoms with Crippen molar-refractivity contribution < 1.29 is 14.3 Å². The molecule has 1 saturated heterocycles. The van der Waals surface area contributed by atoms with E-state index in [0.717, 1.165) is 43.8 Å². The first-order valence-electron chi connectivity index (χ1n) is 7.54. The van der Waals surface area contributed by atoms with E-state index in [1.807, 2.05) is 0 Å². The van der Waals surface area contributed by atoms with Crippen molar-refractivity contribution in [2.45, 2.75) is 76.4 Å². The summed E-state index contributed by atoms with van der Waals surface area (Å²) in [4.78, 5) is 21.8. The van der Waals surface area contributed by atoms with Gasteiger partial charge in [-0.3, -0.25) is 4.79 Å². The molecule has 1 aliphatic rings. The quantitative estimate of drug-likeness (QED) is 0.417. The van der Waals surface area contributed by atoms with Gasteiger partial charge in [0.1, 0.15) is 0 Å². The summed E-state index contributed by atoms with van der Waals surface area (Å²) < 4.78 is 5.11. The van der Waals surface area contributed by atoms with E-state index in [-0.39, 0.29) is 5.97 Å². The highest BCUT2D eigenvalue weighted by Gasteiger charge is 2.31. The number of carbonyl (C=O) groups is 1. The summed E-state index contributed by atoms with van der Waals surface area (Å²) in [5.41, 5.74) is 0. The maximum absolute atomic E-state index is 11.4. The molecule has 1 fully saturated rings. The van der Waals surface area contributed by atoms with Crippen LogP contribution in [0.15, 0.2) is 0 Å². The molecule has 106 valence electrons. The number of carbonyl (C=O) groups excluding carboxylic acids is 1. The van der Waals surface area contributed by atoms with Crippen LogP contribution in [0.1, 0.15) is 58.3 Å². The van der Waals surface area contributed by atoms with Gasteiger partial charge in [-0.1, -0.05) is 39.0 Å². The molecule has 1 rings (SSSR count). The second kappa shape index (κ2) is 8.70. The highest BCUT2D eigenvalue weighted by molar-refractivity contribution is 6.72. The van der Waals surface area contributed by atoms with Crippen LogP contribution >= 0.6 is 0 Å². The maximum Gasteiger partial charge on any atom is 0.305 e. The van der Waals surface area contributed by atoms with E-state index < -0.39 is 8.32 Å². The largest absolute Gasteiger partial charge is 0.466 e. The van der Waals surface area contributed by atoms with E-state index in [4.69, 9.17) is 4.74 Å². The zero-order valence-corrected chi connectivity index (χ0v) is 12.7. The Labute approximate surface area is 112 Å². The number of unbranched alkanes of at least 4 members (excludes halogenated alkanes) is 2. The summed E-state index contributed by atoms with van der Waals surface area (Å²) in [6.45, 7) is 2.65. The predicted molar refractivity (Wildman–Crippen MR) is 76.0 cm³/mol. The molecule has 0 aliphatic carbocycles. The summed E-state index contributed by atoms with van der Waals surface area (Å²) in [6.07, 6.45) is 8.12. The Bertz CT molecular complexity index is 237. The molecule has 4 heteroatoms. The molecule has 1 N–H and O–H groups in total. The van der Waals surface area contributed by atoms with E-state index in [0.29, 0.717) is 13.0 Å². The van der Waals surface area contributed by atoms with Crippen molar-refractivity contribution in [2.24, 2.45) is 0 Å². The maximum atomic E-state index is 11.4. The Kier molecular flexibility index (Phi) is 7.59. The van der Waals surface area contributed by atoms with E-state index in [2.05, 4.69) is 6.92 Å². The minimum atomic E-state index is -1.89. The zero-order chi connectivity index (χ0) is 13.3. The van der Waals surface area contributed by atoms with Crippen LogP contribution in [0.4, 0.5) is 0 Å². The number of hydrogen-bond donors (Lipinski definition) is 1. The second-order valence-corrected chi connectivity index (χ2v) is 9.51. The molecule has 0 atom stereocenters. The third-order valence-corrected chi connectivity index (χ3v) is 7.67. The van der Waals surface area contributed by atoms with E-state index in [1.54, 1.807) is 0 Å². The zero-order valence-electron chi connectivity index (χ0n) is 11.7. The molecule has 0 spiro atoms. The SMILES string of the molecule is CCCCOC(=O)CCCC[Si]1(O)CCCCC1. The Hall–Kier alpha value is -0.353. The van der Waals surface area contributed by atoms with Crippen molar-refractivity contribution in [3.63, 3.8) is 0 Å². The fourth-order valence-electron chi connectivity index (χ4n) is 2.59. The van der Waals surface area contributed by atoms with Crippen LogP contribution in [-0.4, -0.2) is 25.7 Å². The summed E-state index contributed by atoms with van der Waals surface area (Å²) in [5.74, 6) is -0.0687. The van der Waals surface area contributed by atoms with Gasteiger partial charge in [0.2, 0.25) is 0 Å². The lowest BCUT2D eigenvalue weighted by Crippen LogP contribution is -2.36. The first kappa shape index (κ1) is 15.7. The van der Waals surface area contributed by atoms with Gasteiger partial charge in [-0.15, -0.1) is 0 Å². The molecule has 1 aliphatic heterocycles. The lowest BCUT2D eigenvalue weighted by molar-refractivity contribution is -0.143. The highest BCUT2D eigenvalue weighted by Crippen LogP contribution is 2.30. The van der Waals surface area contributed by atoms with Crippen molar-refractivity contribution in [3.05, 3.63) is 0 Å². The Morgan fingerprint density at radius 3 is 2.56 bits per heavy atom. The van der Waals surface area contributed by atoms with E-state index in [1.165, 1.54) is 19.3 Å². The summed E-state index contributed by atoms with van der Waals surface area (Å²) >= 11 is 0. The normalized spacial score (nSPS) is 18.6. The Morgan fingerprint density at radius 2 is 1.89 bits per heavy atom. The standard InChI is InChI=1S/C14H28O3Si/c1-2-3-10-17-14(15)9-5-8-13-18(16)11-6-4-7-12-18/h16H,2-13H2,1H3. The average molecular weight is 272 g/mol. The van der Waals surface area contributed by atoms with Gasteiger partial charge in [0.15, 0.2) is 8.32 Å². The molecule has 0 saturated carbocycles. The molecule has 0 aromatic heterocycles. The van der Waals surface area contributed by atoms with Crippen LogP contribution in [-0.2, 0) is 9.53 Å². The molecule has 3 nitrogen and oxygen atoms in total. The number of hydrogen-bond acceptors (Lipinski definition) is 3. The van der Waals surface area contributed by atoms with E-state index >= 15 is 0 Å². The Balaban J connectivity index is 2.01. The molecule has 18 heavy (non-hydrogen) atoms. The second-order valence-electron chi connectivity index (χ2n) is 5.57. The summed E-state index contributed by atoms with van der Waals surface area (Å²) in [5, 5.41) is 0. The topological polar surface area (TPSA) is 46.5 Å². The van der Waals surface area contributed by atoms with Crippen LogP contribution in [0.25, 0.3) is 0 Å². The van der Waals surface area contributed by atoms with Gasteiger partial charge in [0, 0.05) is 6.42 Å². The van der Waals surface area contributed by atoms with Crippen LogP contribution in [0.5, 0.6) is 0 Å². The van der Waals surface area contributed by atoms with Crippen LogP contribution in [0.3, 0.4) is 0 Å². The highest BCUT2D eigenvalue weighted by atomic mass is 28.4. The third-order valence-electron chi connectivity index (χ3n) is 3.82. The molecule has 0 aromatic carbocycles. The van der Waals surface area contributed by atoms with Gasteiger partial charge in [-0.25, -0.2) is 0 Å². The fraction of sp³-hybridized carbons (Fsp3) is 0.929. The predicted octanol–water partition coefficient (Wildman–Crippen LogP) is 3.62. The molecule has 0 bridgehead atoms. The van der Waals surface area contributed by atoms with Gasteiger partial charge in [0.05, 0.1) is 6.61 Å². The van der Waals surface area contributed by atoms with Crippen molar-refractivity contribution >= 4 is 14.3 Å². The van der Waals surface area contributed by atoms with E-state index in [9.17, 15) is 9.59 Å². The summed E-state index contributed by atoms with van der Waals surface area (Å²) in [7, 11) is -1.89. The molecule has 0 unspecified atom stereocenters. The minimum Gasteiger partial charge on any atom is -0.466 e. The third kappa shape index (κ3) is 6.54. The van der Waals surface area contributed by atoms with Crippen LogP contribution in [0.2, 0.25) is 18.1 Å². The minimum absolute atomic E-state index is 0.0687. The number of rotatable bonds is 8. The van der Waals surface area contributed by atoms with Gasteiger partial charge >= 0.3 is 5.97 Å². The van der Waals surface area contributed by atoms with Crippen LogP contribution < -0.4 is 0 Å². The monoisotopic (exact) mass is 272 g/mol. The summed E-state index contributed by atoms with van der Waals surface area (Å²) in [6, 6.07) is 3.14. The molecular weight excluding hydrogens is 244 g/mol. The molecule has 0 radical (unpaired) electrons. The van der Waals surface area contributed by atoms with Crippen molar-refractivity contribution in [1.29, 1.82) is 0 Å². The van der Waals surface area contributed by atoms with Crippen molar-refractivity contribution in [2.75, 3.05) is 6.61 Å². The van der Waals surface area contributed by atoms with Crippen LogP contribution in [0, 0.1) is 0 Å². The van der Waals surface area contributed by atoms with Gasteiger partial charge in [-0.2, -0.15) is 0 Å². The Morgan fingerprint density at radius 1 is 1.17 bits per heavy atom. The lowest BCUT2D eigenvalue weighted by atomic mass is 10.2. The number of esters is 1. The molecule has 0 amide bonds. The fourth-order valence-corrected chi connectivity index (χ4v) is 6.06. The molecule has 0 aromatic rings. The first-order valence-corrected chi connectivity index (χ1v) is 10.1. The smallest absolute Gasteiger partial charge is 0.305 e. The van der Waals surface area contributed by atoms with Gasteiger partial charge in [-0.05, 0) is 31.0 Å².